The summed E-state index contributed by atoms with van der Waals surface area (Å²) < 4.78 is 10.7. The Morgan fingerprint density at radius 3 is 2.04 bits per heavy atom. The molecule has 0 aliphatic rings. The van der Waals surface area contributed by atoms with Crippen LogP contribution in [0, 0.1) is 11.8 Å². The van der Waals surface area contributed by atoms with E-state index >= 15 is 0 Å². The fourth-order valence-corrected chi connectivity index (χ4v) is 2.51. The number of carbonyl (C=O) groups is 1. The fourth-order valence-electron chi connectivity index (χ4n) is 2.51. The van der Waals surface area contributed by atoms with E-state index in [1.54, 1.807) is 0 Å². The Morgan fingerprint density at radius 1 is 1.00 bits per heavy atom. The molecule has 1 N–H and O–H groups in total. The average molecular weight is 380 g/mol. The molecule has 0 aliphatic carbocycles. The van der Waals surface area contributed by atoms with E-state index in [1.165, 1.54) is 0 Å². The van der Waals surface area contributed by atoms with Gasteiger partial charge >= 0.3 is 6.09 Å². The van der Waals surface area contributed by atoms with Gasteiger partial charge in [0.25, 0.3) is 0 Å². The number of alkyl carbamates (subject to hydrolysis) is 1. The molecule has 28 heavy (non-hydrogen) atoms. The van der Waals surface area contributed by atoms with Crippen LogP contribution in [0.4, 0.5) is 4.79 Å². The highest BCUT2D eigenvalue weighted by molar-refractivity contribution is 5.67. The van der Waals surface area contributed by atoms with Crippen LogP contribution in [0.25, 0.3) is 0 Å². The maximum absolute atomic E-state index is 11.8. The SMILES string of the molecule is CCOc1ccc(C#Cc2ccc(C(C)CNC(=O)OC(C)(C)C)cc2)cc1. The first kappa shape index (κ1) is 21.4. The first-order valence-corrected chi connectivity index (χ1v) is 9.58. The summed E-state index contributed by atoms with van der Waals surface area (Å²) in [5, 5.41) is 2.81. The molecule has 0 heterocycles. The molecular formula is C24H29NO3. The summed E-state index contributed by atoms with van der Waals surface area (Å²) in [6.07, 6.45) is -0.391. The Morgan fingerprint density at radius 2 is 1.54 bits per heavy atom. The third-order valence-electron chi connectivity index (χ3n) is 3.95. The molecule has 148 valence electrons. The van der Waals surface area contributed by atoms with Crippen LogP contribution in [0.3, 0.4) is 0 Å². The molecular weight excluding hydrogens is 350 g/mol. The lowest BCUT2D eigenvalue weighted by Crippen LogP contribution is -2.34. The highest BCUT2D eigenvalue weighted by Gasteiger charge is 2.16. The first-order valence-electron chi connectivity index (χ1n) is 9.58. The highest BCUT2D eigenvalue weighted by atomic mass is 16.6. The van der Waals surface area contributed by atoms with Gasteiger partial charge < -0.3 is 14.8 Å². The molecule has 0 saturated heterocycles. The fraction of sp³-hybridized carbons (Fsp3) is 0.375. The number of carbonyl (C=O) groups excluding carboxylic acids is 1. The Labute approximate surface area is 168 Å². The second-order valence-corrected chi connectivity index (χ2v) is 7.61. The third kappa shape index (κ3) is 7.36. The summed E-state index contributed by atoms with van der Waals surface area (Å²) >= 11 is 0. The molecule has 0 fully saturated rings. The summed E-state index contributed by atoms with van der Waals surface area (Å²) in [6, 6.07) is 15.9. The molecule has 1 unspecified atom stereocenters. The summed E-state index contributed by atoms with van der Waals surface area (Å²) in [6.45, 7) is 10.8. The maximum atomic E-state index is 11.8. The van der Waals surface area contributed by atoms with Gasteiger partial charge in [-0.25, -0.2) is 4.79 Å². The van der Waals surface area contributed by atoms with Crippen LogP contribution in [0.1, 0.15) is 57.2 Å². The van der Waals surface area contributed by atoms with E-state index in [0.29, 0.717) is 13.2 Å². The smallest absolute Gasteiger partial charge is 0.407 e. The largest absolute Gasteiger partial charge is 0.494 e. The monoisotopic (exact) mass is 379 g/mol. The Balaban J connectivity index is 1.91. The molecule has 4 nitrogen and oxygen atoms in total. The van der Waals surface area contributed by atoms with Gasteiger partial charge in [0.15, 0.2) is 0 Å². The lowest BCUT2D eigenvalue weighted by atomic mass is 10.00. The third-order valence-corrected chi connectivity index (χ3v) is 3.95. The van der Waals surface area contributed by atoms with Crippen molar-refractivity contribution in [1.29, 1.82) is 0 Å². The number of amides is 1. The van der Waals surface area contributed by atoms with Crippen LogP contribution in [0.15, 0.2) is 48.5 Å². The zero-order valence-electron chi connectivity index (χ0n) is 17.3. The molecule has 1 amide bonds. The van der Waals surface area contributed by atoms with E-state index in [2.05, 4.69) is 24.1 Å². The number of benzene rings is 2. The van der Waals surface area contributed by atoms with Crippen LogP contribution >= 0.6 is 0 Å². The van der Waals surface area contributed by atoms with Gasteiger partial charge in [0.2, 0.25) is 0 Å². The molecule has 0 radical (unpaired) electrons. The van der Waals surface area contributed by atoms with Crippen molar-refractivity contribution in [3.63, 3.8) is 0 Å². The molecule has 2 rings (SSSR count). The van der Waals surface area contributed by atoms with Gasteiger partial charge in [0.1, 0.15) is 11.4 Å². The van der Waals surface area contributed by atoms with Crippen molar-refractivity contribution in [2.24, 2.45) is 0 Å². The van der Waals surface area contributed by atoms with Crippen LogP contribution in [-0.2, 0) is 4.74 Å². The number of nitrogens with one attached hydrogen (secondary N) is 1. The van der Waals surface area contributed by atoms with E-state index in [9.17, 15) is 4.79 Å². The predicted octanol–water partition coefficient (Wildman–Crippen LogP) is 5.11. The molecule has 1 atom stereocenters. The summed E-state index contributed by atoms with van der Waals surface area (Å²) in [5.74, 6) is 7.37. The van der Waals surface area contributed by atoms with E-state index in [0.717, 1.165) is 22.4 Å². The van der Waals surface area contributed by atoms with E-state index < -0.39 is 11.7 Å². The highest BCUT2D eigenvalue weighted by Crippen LogP contribution is 2.16. The maximum Gasteiger partial charge on any atom is 0.407 e. The lowest BCUT2D eigenvalue weighted by molar-refractivity contribution is 0.0525. The number of ether oxygens (including phenoxy) is 2. The normalized spacial score (nSPS) is 11.8. The van der Waals surface area contributed by atoms with Crippen molar-refractivity contribution in [1.82, 2.24) is 5.32 Å². The summed E-state index contributed by atoms with van der Waals surface area (Å²) in [7, 11) is 0. The van der Waals surface area contributed by atoms with Gasteiger partial charge in [-0.1, -0.05) is 30.9 Å². The van der Waals surface area contributed by atoms with Crippen molar-refractivity contribution < 1.29 is 14.3 Å². The Bertz CT molecular complexity index is 821. The summed E-state index contributed by atoms with van der Waals surface area (Å²) in [5.41, 5.74) is 2.55. The van der Waals surface area contributed by atoms with Crippen molar-refractivity contribution in [2.75, 3.05) is 13.2 Å². The minimum atomic E-state index is -0.489. The molecule has 0 aromatic heterocycles. The molecule has 0 spiro atoms. The van der Waals surface area contributed by atoms with E-state index in [-0.39, 0.29) is 5.92 Å². The quantitative estimate of drug-likeness (QED) is 0.734. The zero-order valence-corrected chi connectivity index (χ0v) is 17.3. The van der Waals surface area contributed by atoms with Gasteiger partial charge in [0.05, 0.1) is 6.61 Å². The predicted molar refractivity (Wildman–Crippen MR) is 113 cm³/mol. The lowest BCUT2D eigenvalue weighted by Gasteiger charge is -2.21. The van der Waals surface area contributed by atoms with Gasteiger partial charge in [-0.15, -0.1) is 0 Å². The standard InChI is InChI=1S/C24H29NO3/c1-6-27-22-15-11-20(12-16-22)8-7-19-9-13-21(14-10-19)18(2)17-25-23(26)28-24(3,4)5/h9-16,18H,6,17H2,1-5H3,(H,25,26). The van der Waals surface area contributed by atoms with Gasteiger partial charge in [-0.3, -0.25) is 0 Å². The van der Waals surface area contributed by atoms with Gasteiger partial charge in [-0.2, -0.15) is 0 Å². The number of hydrogen-bond donors (Lipinski definition) is 1. The van der Waals surface area contributed by atoms with Gasteiger partial charge in [0, 0.05) is 17.7 Å². The molecule has 2 aromatic rings. The van der Waals surface area contributed by atoms with E-state index in [1.807, 2.05) is 76.2 Å². The second-order valence-electron chi connectivity index (χ2n) is 7.61. The topological polar surface area (TPSA) is 47.6 Å². The van der Waals surface area contributed by atoms with Crippen molar-refractivity contribution in [3.8, 4) is 17.6 Å². The number of hydrogen-bond acceptors (Lipinski definition) is 3. The molecule has 2 aromatic carbocycles. The van der Waals surface area contributed by atoms with Crippen LogP contribution in [-0.4, -0.2) is 24.8 Å². The molecule has 0 saturated carbocycles. The van der Waals surface area contributed by atoms with Crippen LogP contribution in [0.5, 0.6) is 5.75 Å². The zero-order chi connectivity index (χ0) is 20.6. The first-order chi connectivity index (χ1) is 13.3. The minimum Gasteiger partial charge on any atom is -0.494 e. The van der Waals surface area contributed by atoms with E-state index in [4.69, 9.17) is 9.47 Å². The second kappa shape index (κ2) is 9.85. The van der Waals surface area contributed by atoms with Crippen LogP contribution in [0.2, 0.25) is 0 Å². The van der Waals surface area contributed by atoms with Crippen molar-refractivity contribution in [2.45, 2.75) is 46.1 Å². The number of rotatable bonds is 5. The van der Waals surface area contributed by atoms with Crippen molar-refractivity contribution in [3.05, 3.63) is 65.2 Å². The molecule has 0 bridgehead atoms. The molecule has 0 aliphatic heterocycles. The van der Waals surface area contributed by atoms with Crippen LogP contribution < -0.4 is 10.1 Å². The molecule has 4 heteroatoms. The Hall–Kier alpha value is -2.93. The summed E-state index contributed by atoms with van der Waals surface area (Å²) in [4.78, 5) is 11.8. The Kier molecular flexibility index (Phi) is 7.52. The minimum absolute atomic E-state index is 0.181. The average Bonchev–Trinajstić information content (AvgIpc) is 2.65. The van der Waals surface area contributed by atoms with Gasteiger partial charge in [-0.05, 0) is 75.6 Å². The van der Waals surface area contributed by atoms with Crippen molar-refractivity contribution >= 4 is 6.09 Å².